The van der Waals surface area contributed by atoms with E-state index in [4.69, 9.17) is 10.00 Å². The lowest BCUT2D eigenvalue weighted by molar-refractivity contribution is 0.0526. The first kappa shape index (κ1) is 13.2. The Kier molecular flexibility index (Phi) is 4.26. The second-order valence-electron chi connectivity index (χ2n) is 3.76. The third-order valence-corrected chi connectivity index (χ3v) is 3.32. The van der Waals surface area contributed by atoms with Crippen molar-refractivity contribution in [2.24, 2.45) is 0 Å². The van der Waals surface area contributed by atoms with Gasteiger partial charge in [0.15, 0.2) is 0 Å². The Balaban J connectivity index is 2.17. The molecular formula is C14H12N2O2S. The highest BCUT2D eigenvalue weighted by Gasteiger charge is 2.08. The van der Waals surface area contributed by atoms with E-state index in [1.807, 2.05) is 17.5 Å². The number of esters is 1. The molecule has 2 rings (SSSR count). The van der Waals surface area contributed by atoms with Crippen molar-refractivity contribution in [1.82, 2.24) is 4.98 Å². The van der Waals surface area contributed by atoms with Gasteiger partial charge in [-0.3, -0.25) is 0 Å². The quantitative estimate of drug-likeness (QED) is 0.802. The van der Waals surface area contributed by atoms with Crippen LogP contribution >= 0.6 is 11.3 Å². The summed E-state index contributed by atoms with van der Waals surface area (Å²) in [6.45, 7) is 2.14. The van der Waals surface area contributed by atoms with E-state index in [1.54, 1.807) is 19.1 Å². The Morgan fingerprint density at radius 3 is 2.79 bits per heavy atom. The number of hydrogen-bond acceptors (Lipinski definition) is 5. The Morgan fingerprint density at radius 2 is 2.16 bits per heavy atom. The van der Waals surface area contributed by atoms with Crippen LogP contribution in [0.5, 0.6) is 0 Å². The Morgan fingerprint density at radius 1 is 1.42 bits per heavy atom. The summed E-state index contributed by atoms with van der Waals surface area (Å²) in [5, 5.41) is 11.3. The molecule has 1 aromatic carbocycles. The first-order valence-electron chi connectivity index (χ1n) is 5.83. The summed E-state index contributed by atoms with van der Waals surface area (Å²) < 4.78 is 4.92. The molecule has 0 radical (unpaired) electrons. The van der Waals surface area contributed by atoms with Crippen molar-refractivity contribution >= 4 is 17.3 Å². The summed E-state index contributed by atoms with van der Waals surface area (Å²) in [6, 6.07) is 9.17. The van der Waals surface area contributed by atoms with Crippen molar-refractivity contribution < 1.29 is 9.53 Å². The lowest BCUT2D eigenvalue weighted by Gasteiger charge is -2.02. The number of carbonyl (C=O) groups excluding carboxylic acids is 1. The average molecular weight is 272 g/mol. The normalized spacial score (nSPS) is 9.89. The number of benzene rings is 1. The molecule has 4 nitrogen and oxygen atoms in total. The molecule has 5 heteroatoms. The molecule has 0 unspecified atom stereocenters. The van der Waals surface area contributed by atoms with Gasteiger partial charge in [0.1, 0.15) is 5.01 Å². The molecule has 96 valence electrons. The average Bonchev–Trinajstić information content (AvgIpc) is 2.88. The third kappa shape index (κ3) is 3.18. The second-order valence-corrected chi connectivity index (χ2v) is 4.70. The molecular weight excluding hydrogens is 260 g/mol. The van der Waals surface area contributed by atoms with Crippen molar-refractivity contribution in [3.63, 3.8) is 0 Å². The molecule has 2 aromatic rings. The first-order chi connectivity index (χ1) is 9.24. The van der Waals surface area contributed by atoms with Gasteiger partial charge < -0.3 is 4.74 Å². The highest BCUT2D eigenvalue weighted by Crippen LogP contribution is 2.22. The van der Waals surface area contributed by atoms with E-state index in [1.165, 1.54) is 11.3 Å². The largest absolute Gasteiger partial charge is 0.462 e. The van der Waals surface area contributed by atoms with Gasteiger partial charge in [-0.25, -0.2) is 9.78 Å². The summed E-state index contributed by atoms with van der Waals surface area (Å²) in [4.78, 5) is 15.9. The zero-order valence-electron chi connectivity index (χ0n) is 10.4. The van der Waals surface area contributed by atoms with Gasteiger partial charge in [0.05, 0.1) is 30.4 Å². The number of hydrogen-bond donors (Lipinski definition) is 0. The van der Waals surface area contributed by atoms with Crippen LogP contribution in [0.3, 0.4) is 0 Å². The predicted octanol–water partition coefficient (Wildman–Crippen LogP) is 3.05. The van der Waals surface area contributed by atoms with Crippen molar-refractivity contribution in [2.75, 3.05) is 6.61 Å². The maximum Gasteiger partial charge on any atom is 0.338 e. The summed E-state index contributed by atoms with van der Waals surface area (Å²) in [5.74, 6) is -0.322. The van der Waals surface area contributed by atoms with E-state index in [-0.39, 0.29) is 5.97 Å². The minimum Gasteiger partial charge on any atom is -0.462 e. The third-order valence-electron chi connectivity index (χ3n) is 2.47. The molecule has 0 aliphatic rings. The molecule has 1 heterocycles. The topological polar surface area (TPSA) is 63.0 Å². The molecule has 0 aliphatic heterocycles. The maximum atomic E-state index is 11.5. The van der Waals surface area contributed by atoms with Crippen LogP contribution in [0.1, 0.15) is 22.3 Å². The lowest BCUT2D eigenvalue weighted by atomic mass is 10.1. The predicted molar refractivity (Wildman–Crippen MR) is 72.8 cm³/mol. The van der Waals surface area contributed by atoms with Gasteiger partial charge in [-0.05, 0) is 19.1 Å². The standard InChI is InChI=1S/C14H12N2O2S/c1-2-18-14(17)11-5-3-10(4-6-11)12-9-19-13(16-12)7-8-15/h3-6,9H,2,7H2,1H3. The zero-order chi connectivity index (χ0) is 13.7. The monoisotopic (exact) mass is 272 g/mol. The van der Waals surface area contributed by atoms with Crippen LogP contribution in [0.25, 0.3) is 11.3 Å². The van der Waals surface area contributed by atoms with Gasteiger partial charge in [0.2, 0.25) is 0 Å². The molecule has 1 aromatic heterocycles. The number of carbonyl (C=O) groups is 1. The molecule has 0 fully saturated rings. The van der Waals surface area contributed by atoms with E-state index >= 15 is 0 Å². The van der Waals surface area contributed by atoms with E-state index in [9.17, 15) is 4.79 Å². The lowest BCUT2D eigenvalue weighted by Crippen LogP contribution is -2.03. The van der Waals surface area contributed by atoms with Crippen molar-refractivity contribution in [3.05, 3.63) is 40.2 Å². The number of nitriles is 1. The summed E-state index contributed by atoms with van der Waals surface area (Å²) >= 11 is 1.46. The maximum absolute atomic E-state index is 11.5. The molecule has 0 saturated carbocycles. The van der Waals surface area contributed by atoms with Crippen LogP contribution in [-0.2, 0) is 11.2 Å². The van der Waals surface area contributed by atoms with Gasteiger partial charge in [0.25, 0.3) is 0 Å². The molecule has 0 saturated heterocycles. The number of rotatable bonds is 4. The van der Waals surface area contributed by atoms with Gasteiger partial charge >= 0.3 is 5.97 Å². The van der Waals surface area contributed by atoms with E-state index in [0.29, 0.717) is 18.6 Å². The van der Waals surface area contributed by atoms with Crippen LogP contribution in [-0.4, -0.2) is 17.6 Å². The Labute approximate surface area is 115 Å². The van der Waals surface area contributed by atoms with Crippen molar-refractivity contribution in [3.8, 4) is 17.3 Å². The second kappa shape index (κ2) is 6.12. The van der Waals surface area contributed by atoms with Gasteiger partial charge in [-0.2, -0.15) is 5.26 Å². The van der Waals surface area contributed by atoms with E-state index in [0.717, 1.165) is 16.3 Å². The molecule has 0 amide bonds. The van der Waals surface area contributed by atoms with Crippen LogP contribution in [0.4, 0.5) is 0 Å². The minimum atomic E-state index is -0.322. The van der Waals surface area contributed by atoms with Crippen LogP contribution in [0.2, 0.25) is 0 Å². The molecule has 0 spiro atoms. The highest BCUT2D eigenvalue weighted by atomic mass is 32.1. The minimum absolute atomic E-state index is 0.322. The number of aromatic nitrogens is 1. The zero-order valence-corrected chi connectivity index (χ0v) is 11.2. The number of ether oxygens (including phenoxy) is 1. The fraction of sp³-hybridized carbons (Fsp3) is 0.214. The fourth-order valence-electron chi connectivity index (χ4n) is 1.58. The smallest absolute Gasteiger partial charge is 0.338 e. The van der Waals surface area contributed by atoms with E-state index in [2.05, 4.69) is 11.1 Å². The van der Waals surface area contributed by atoms with Gasteiger partial charge in [-0.1, -0.05) is 12.1 Å². The fourth-order valence-corrected chi connectivity index (χ4v) is 2.32. The summed E-state index contributed by atoms with van der Waals surface area (Å²) in [6.07, 6.45) is 0.325. The Hall–Kier alpha value is -2.19. The molecule has 19 heavy (non-hydrogen) atoms. The highest BCUT2D eigenvalue weighted by molar-refractivity contribution is 7.10. The molecule has 0 atom stereocenters. The molecule has 0 N–H and O–H groups in total. The van der Waals surface area contributed by atoms with Gasteiger partial charge in [0, 0.05) is 10.9 Å². The van der Waals surface area contributed by atoms with Crippen molar-refractivity contribution in [2.45, 2.75) is 13.3 Å². The number of thiazole rings is 1. The summed E-state index contributed by atoms with van der Waals surface area (Å²) in [7, 11) is 0. The summed E-state index contributed by atoms with van der Waals surface area (Å²) in [5.41, 5.74) is 2.28. The van der Waals surface area contributed by atoms with Gasteiger partial charge in [-0.15, -0.1) is 11.3 Å². The van der Waals surface area contributed by atoms with Crippen LogP contribution < -0.4 is 0 Å². The van der Waals surface area contributed by atoms with E-state index < -0.39 is 0 Å². The number of nitrogens with zero attached hydrogens (tertiary/aromatic N) is 2. The molecule has 0 bridgehead atoms. The van der Waals surface area contributed by atoms with Crippen molar-refractivity contribution in [1.29, 1.82) is 5.26 Å². The SMILES string of the molecule is CCOC(=O)c1ccc(-c2csc(CC#N)n2)cc1. The Bertz CT molecular complexity index is 611. The first-order valence-corrected chi connectivity index (χ1v) is 6.71. The van der Waals surface area contributed by atoms with Crippen LogP contribution in [0, 0.1) is 11.3 Å². The molecule has 0 aliphatic carbocycles. The van der Waals surface area contributed by atoms with Crippen LogP contribution in [0.15, 0.2) is 29.6 Å².